The largest absolute Gasteiger partial charge is 0.363 e. The summed E-state index contributed by atoms with van der Waals surface area (Å²) in [5.41, 5.74) is 5.15. The third-order valence-electron chi connectivity index (χ3n) is 5.08. The normalized spacial score (nSPS) is 10.8. The lowest BCUT2D eigenvalue weighted by Gasteiger charge is -2.12. The first-order valence-corrected chi connectivity index (χ1v) is 10.5. The van der Waals surface area contributed by atoms with Gasteiger partial charge < -0.3 is 10.6 Å². The van der Waals surface area contributed by atoms with Crippen LogP contribution < -0.4 is 10.6 Å². The third kappa shape index (κ3) is 4.40. The molecule has 0 aliphatic rings. The molecule has 2 N–H and O–H groups in total. The number of pyridine rings is 2. The molecule has 0 saturated heterocycles. The molecule has 0 fully saturated rings. The number of rotatable bonds is 6. The summed E-state index contributed by atoms with van der Waals surface area (Å²) in [6.45, 7) is 1.97. The highest BCUT2D eigenvalue weighted by Crippen LogP contribution is 2.31. The van der Waals surface area contributed by atoms with E-state index in [1.807, 2.05) is 53.2 Å². The number of nitrogens with one attached hydrogen (secondary N) is 2. The molecule has 4 aromatic heterocycles. The molecular weight excluding hydrogens is 414 g/mol. The van der Waals surface area contributed by atoms with E-state index in [4.69, 9.17) is 10.1 Å². The Morgan fingerprint density at radius 1 is 1.00 bits per heavy atom. The van der Waals surface area contributed by atoms with E-state index in [9.17, 15) is 4.79 Å². The Labute approximate surface area is 190 Å². The van der Waals surface area contributed by atoms with Gasteiger partial charge in [0.1, 0.15) is 5.52 Å². The average molecular weight is 435 g/mol. The minimum atomic E-state index is -0.166. The van der Waals surface area contributed by atoms with E-state index in [0.717, 1.165) is 22.3 Å². The van der Waals surface area contributed by atoms with Crippen molar-refractivity contribution in [2.24, 2.45) is 0 Å². The molecule has 0 aliphatic carbocycles. The number of fused-ring (bicyclic) bond motifs is 1. The zero-order valence-electron chi connectivity index (χ0n) is 17.9. The monoisotopic (exact) mass is 435 g/mol. The number of aromatic nitrogens is 5. The Morgan fingerprint density at radius 3 is 2.64 bits per heavy atom. The third-order valence-corrected chi connectivity index (χ3v) is 5.08. The second-order valence-electron chi connectivity index (χ2n) is 7.49. The molecule has 0 aliphatic heterocycles. The first-order valence-electron chi connectivity index (χ1n) is 10.5. The average Bonchev–Trinajstić information content (AvgIpc) is 3.28. The van der Waals surface area contributed by atoms with Crippen molar-refractivity contribution in [3.8, 4) is 22.5 Å². The van der Waals surface area contributed by atoms with Crippen molar-refractivity contribution >= 4 is 22.9 Å². The molecule has 4 heterocycles. The van der Waals surface area contributed by atoms with Crippen LogP contribution in [0.15, 0.2) is 85.5 Å². The maximum atomic E-state index is 11.5. The van der Waals surface area contributed by atoms with Gasteiger partial charge in [-0.15, -0.1) is 5.10 Å². The van der Waals surface area contributed by atoms with E-state index in [1.165, 1.54) is 6.92 Å². The maximum Gasteiger partial charge on any atom is 0.221 e. The van der Waals surface area contributed by atoms with E-state index in [1.54, 1.807) is 24.7 Å². The fourth-order valence-electron chi connectivity index (χ4n) is 3.63. The van der Waals surface area contributed by atoms with Crippen molar-refractivity contribution in [2.75, 3.05) is 10.6 Å². The molecule has 33 heavy (non-hydrogen) atoms. The van der Waals surface area contributed by atoms with Gasteiger partial charge in [-0.2, -0.15) is 0 Å². The summed E-state index contributed by atoms with van der Waals surface area (Å²) in [5, 5.41) is 10.9. The lowest BCUT2D eigenvalue weighted by Crippen LogP contribution is -2.09. The van der Waals surface area contributed by atoms with Crippen LogP contribution in [0.5, 0.6) is 0 Å². The van der Waals surface area contributed by atoms with E-state index in [0.29, 0.717) is 29.4 Å². The van der Waals surface area contributed by atoms with Gasteiger partial charge in [-0.25, -0.2) is 9.50 Å². The molecule has 5 rings (SSSR count). The summed E-state index contributed by atoms with van der Waals surface area (Å²) in [6, 6.07) is 19.8. The van der Waals surface area contributed by atoms with Crippen LogP contribution in [0.4, 0.5) is 11.5 Å². The fourth-order valence-corrected chi connectivity index (χ4v) is 3.63. The van der Waals surface area contributed by atoms with Gasteiger partial charge in [0.25, 0.3) is 0 Å². The molecule has 8 heteroatoms. The summed E-state index contributed by atoms with van der Waals surface area (Å²) in [5.74, 6) is 1.00. The molecule has 0 atom stereocenters. The van der Waals surface area contributed by atoms with Gasteiger partial charge in [0.15, 0.2) is 11.6 Å². The van der Waals surface area contributed by atoms with Crippen LogP contribution in [-0.4, -0.2) is 30.5 Å². The molecule has 0 radical (unpaired) electrons. The quantitative estimate of drug-likeness (QED) is 0.410. The van der Waals surface area contributed by atoms with Crippen LogP contribution in [0.1, 0.15) is 12.6 Å². The minimum Gasteiger partial charge on any atom is -0.363 e. The molecule has 5 aromatic rings. The minimum absolute atomic E-state index is 0.166. The highest BCUT2D eigenvalue weighted by molar-refractivity contribution is 5.90. The van der Waals surface area contributed by atoms with Gasteiger partial charge in [0.05, 0.1) is 24.1 Å². The van der Waals surface area contributed by atoms with Crippen molar-refractivity contribution in [1.29, 1.82) is 0 Å². The van der Waals surface area contributed by atoms with Crippen LogP contribution in [0.2, 0.25) is 0 Å². The number of benzene rings is 1. The highest BCUT2D eigenvalue weighted by Gasteiger charge is 2.16. The standard InChI is InChI=1S/C25H21N7O/c1-17(33)29-21-13-19(14-26-15-21)24-30-25(28-16-20-9-5-6-11-27-20)23-22(10-12-32(23)31-24)18-7-3-2-4-8-18/h2-15H,16H2,1H3,(H,29,33)(H,28,30,31). The summed E-state index contributed by atoms with van der Waals surface area (Å²) in [7, 11) is 0. The van der Waals surface area contributed by atoms with Crippen LogP contribution in [-0.2, 0) is 11.3 Å². The SMILES string of the molecule is CC(=O)Nc1cncc(-c2nc(NCc3ccccn3)c3c(-c4ccccc4)ccn3n2)c1. The van der Waals surface area contributed by atoms with Gasteiger partial charge in [-0.05, 0) is 29.8 Å². The van der Waals surface area contributed by atoms with Gasteiger partial charge in [0.2, 0.25) is 5.91 Å². The zero-order valence-corrected chi connectivity index (χ0v) is 17.9. The smallest absolute Gasteiger partial charge is 0.221 e. The van der Waals surface area contributed by atoms with Crippen molar-refractivity contribution in [3.63, 3.8) is 0 Å². The molecule has 0 saturated carbocycles. The Morgan fingerprint density at radius 2 is 1.85 bits per heavy atom. The number of hydrogen-bond donors (Lipinski definition) is 2. The summed E-state index contributed by atoms with van der Waals surface area (Å²) in [4.78, 5) is 24.9. The molecule has 0 unspecified atom stereocenters. The maximum absolute atomic E-state index is 11.5. The first kappa shape index (κ1) is 20.3. The number of carbonyl (C=O) groups is 1. The summed E-state index contributed by atoms with van der Waals surface area (Å²) >= 11 is 0. The van der Waals surface area contributed by atoms with Crippen molar-refractivity contribution < 1.29 is 4.79 Å². The zero-order chi connectivity index (χ0) is 22.6. The van der Waals surface area contributed by atoms with Crippen molar-refractivity contribution in [1.82, 2.24) is 24.6 Å². The predicted molar refractivity (Wildman–Crippen MR) is 128 cm³/mol. The van der Waals surface area contributed by atoms with E-state index < -0.39 is 0 Å². The van der Waals surface area contributed by atoms with Crippen molar-refractivity contribution in [3.05, 3.63) is 91.1 Å². The molecule has 162 valence electrons. The van der Waals surface area contributed by atoms with Crippen LogP contribution in [0.25, 0.3) is 28.0 Å². The number of carbonyl (C=O) groups excluding carboxylic acids is 1. The molecule has 0 spiro atoms. The Bertz CT molecular complexity index is 1420. The lowest BCUT2D eigenvalue weighted by atomic mass is 10.1. The highest BCUT2D eigenvalue weighted by atomic mass is 16.1. The van der Waals surface area contributed by atoms with Gasteiger partial charge in [-0.3, -0.25) is 14.8 Å². The van der Waals surface area contributed by atoms with E-state index in [-0.39, 0.29) is 5.91 Å². The molecular formula is C25H21N7O. The van der Waals surface area contributed by atoms with Crippen LogP contribution in [0.3, 0.4) is 0 Å². The first-order chi connectivity index (χ1) is 16.2. The Kier molecular flexibility index (Phi) is 5.47. The summed E-state index contributed by atoms with van der Waals surface area (Å²) in [6.07, 6.45) is 6.95. The molecule has 8 nitrogen and oxygen atoms in total. The second kappa shape index (κ2) is 8.88. The lowest BCUT2D eigenvalue weighted by molar-refractivity contribution is -0.114. The van der Waals surface area contributed by atoms with Crippen LogP contribution >= 0.6 is 0 Å². The molecule has 0 bridgehead atoms. The summed E-state index contributed by atoms with van der Waals surface area (Å²) < 4.78 is 1.82. The number of anilines is 2. The Hall–Kier alpha value is -4.59. The van der Waals surface area contributed by atoms with Crippen LogP contribution in [0, 0.1) is 0 Å². The number of hydrogen-bond acceptors (Lipinski definition) is 6. The van der Waals surface area contributed by atoms with Gasteiger partial charge >= 0.3 is 0 Å². The number of amides is 1. The Balaban J connectivity index is 1.61. The van der Waals surface area contributed by atoms with E-state index in [2.05, 4.69) is 32.7 Å². The van der Waals surface area contributed by atoms with Gasteiger partial charge in [0, 0.05) is 36.6 Å². The molecule has 1 amide bonds. The molecule has 1 aromatic carbocycles. The predicted octanol–water partition coefficient (Wildman–Crippen LogP) is 4.42. The van der Waals surface area contributed by atoms with Gasteiger partial charge in [-0.1, -0.05) is 36.4 Å². The van der Waals surface area contributed by atoms with E-state index >= 15 is 0 Å². The van der Waals surface area contributed by atoms with Crippen molar-refractivity contribution in [2.45, 2.75) is 13.5 Å². The fraction of sp³-hybridized carbons (Fsp3) is 0.0800. The topological polar surface area (TPSA) is 97.1 Å². The number of nitrogens with zero attached hydrogens (tertiary/aromatic N) is 5. The second-order valence-corrected chi connectivity index (χ2v) is 7.49.